The molecule has 0 unspecified atom stereocenters. The van der Waals surface area contributed by atoms with Crippen LogP contribution in [0, 0.1) is 5.92 Å². The molecule has 5 heteroatoms. The van der Waals surface area contributed by atoms with Gasteiger partial charge in [0.15, 0.2) is 5.82 Å². The average molecular weight is 237 g/mol. The number of rotatable bonds is 3. The van der Waals surface area contributed by atoms with Crippen molar-refractivity contribution < 1.29 is 4.74 Å². The number of aromatic nitrogens is 2. The molecule has 17 heavy (non-hydrogen) atoms. The van der Waals surface area contributed by atoms with E-state index in [1.165, 1.54) is 26.3 Å². The fourth-order valence-corrected chi connectivity index (χ4v) is 2.28. The van der Waals surface area contributed by atoms with E-state index in [9.17, 15) is 4.79 Å². The lowest BCUT2D eigenvalue weighted by atomic mass is 9.87. The van der Waals surface area contributed by atoms with E-state index in [1.54, 1.807) is 0 Å². The molecule has 0 radical (unpaired) electrons. The molecule has 1 fully saturated rings. The van der Waals surface area contributed by atoms with E-state index in [1.807, 2.05) is 0 Å². The Morgan fingerprint density at radius 2 is 2.12 bits per heavy atom. The SMILES string of the molecule is COc1c(NC2CCC(C)CC2)nc[nH]c1=O. The van der Waals surface area contributed by atoms with E-state index in [0.717, 1.165) is 18.8 Å². The van der Waals surface area contributed by atoms with Crippen molar-refractivity contribution in [2.24, 2.45) is 5.92 Å². The van der Waals surface area contributed by atoms with Gasteiger partial charge in [-0.25, -0.2) is 4.98 Å². The van der Waals surface area contributed by atoms with Gasteiger partial charge in [-0.2, -0.15) is 0 Å². The summed E-state index contributed by atoms with van der Waals surface area (Å²) < 4.78 is 5.07. The highest BCUT2D eigenvalue weighted by molar-refractivity contribution is 5.48. The molecule has 1 aromatic rings. The molecule has 94 valence electrons. The third-order valence-electron chi connectivity index (χ3n) is 3.37. The van der Waals surface area contributed by atoms with Gasteiger partial charge in [0.05, 0.1) is 13.4 Å². The maximum absolute atomic E-state index is 11.5. The molecule has 1 saturated carbocycles. The number of ether oxygens (including phenoxy) is 1. The molecule has 0 aromatic carbocycles. The quantitative estimate of drug-likeness (QED) is 0.840. The van der Waals surface area contributed by atoms with Crippen LogP contribution in [0.1, 0.15) is 32.6 Å². The fraction of sp³-hybridized carbons (Fsp3) is 0.667. The van der Waals surface area contributed by atoms with E-state index in [-0.39, 0.29) is 11.3 Å². The molecule has 5 nitrogen and oxygen atoms in total. The van der Waals surface area contributed by atoms with Crippen LogP contribution >= 0.6 is 0 Å². The van der Waals surface area contributed by atoms with Gasteiger partial charge < -0.3 is 15.0 Å². The highest BCUT2D eigenvalue weighted by atomic mass is 16.5. The fourth-order valence-electron chi connectivity index (χ4n) is 2.28. The van der Waals surface area contributed by atoms with Crippen molar-refractivity contribution in [2.75, 3.05) is 12.4 Å². The zero-order valence-corrected chi connectivity index (χ0v) is 10.3. The number of hydrogen-bond acceptors (Lipinski definition) is 4. The van der Waals surface area contributed by atoms with E-state index in [2.05, 4.69) is 22.2 Å². The van der Waals surface area contributed by atoms with Gasteiger partial charge >= 0.3 is 0 Å². The lowest BCUT2D eigenvalue weighted by Crippen LogP contribution is -2.27. The Kier molecular flexibility index (Phi) is 3.66. The van der Waals surface area contributed by atoms with Crippen LogP contribution in [0.3, 0.4) is 0 Å². The number of aromatic amines is 1. The lowest BCUT2D eigenvalue weighted by Gasteiger charge is -2.27. The second kappa shape index (κ2) is 5.21. The van der Waals surface area contributed by atoms with Gasteiger partial charge in [-0.05, 0) is 31.6 Å². The average Bonchev–Trinajstić information content (AvgIpc) is 2.32. The predicted molar refractivity (Wildman–Crippen MR) is 66.5 cm³/mol. The van der Waals surface area contributed by atoms with Gasteiger partial charge in [0.25, 0.3) is 5.56 Å². The third kappa shape index (κ3) is 2.78. The first kappa shape index (κ1) is 12.0. The molecular formula is C12H19N3O2. The Morgan fingerprint density at radius 1 is 1.41 bits per heavy atom. The minimum atomic E-state index is -0.242. The minimum Gasteiger partial charge on any atom is -0.489 e. The number of hydrogen-bond donors (Lipinski definition) is 2. The van der Waals surface area contributed by atoms with E-state index >= 15 is 0 Å². The van der Waals surface area contributed by atoms with Crippen LogP contribution in [0.2, 0.25) is 0 Å². The monoisotopic (exact) mass is 237 g/mol. The first-order valence-electron chi connectivity index (χ1n) is 6.09. The molecule has 0 atom stereocenters. The summed E-state index contributed by atoms with van der Waals surface area (Å²) in [6, 6.07) is 0.398. The number of methoxy groups -OCH3 is 1. The molecule has 1 aliphatic carbocycles. The summed E-state index contributed by atoms with van der Waals surface area (Å²) in [7, 11) is 1.49. The van der Waals surface area contributed by atoms with Crippen molar-refractivity contribution in [1.29, 1.82) is 0 Å². The number of nitrogens with one attached hydrogen (secondary N) is 2. The van der Waals surface area contributed by atoms with Crippen molar-refractivity contribution in [3.8, 4) is 5.75 Å². The number of nitrogens with zero attached hydrogens (tertiary/aromatic N) is 1. The lowest BCUT2D eigenvalue weighted by molar-refractivity contribution is 0.358. The Bertz CT molecular complexity index is 422. The summed E-state index contributed by atoms with van der Waals surface area (Å²) in [6.45, 7) is 2.28. The largest absolute Gasteiger partial charge is 0.489 e. The van der Waals surface area contributed by atoms with Crippen LogP contribution in [-0.2, 0) is 0 Å². The van der Waals surface area contributed by atoms with Crippen LogP contribution < -0.4 is 15.6 Å². The van der Waals surface area contributed by atoms with Crippen molar-refractivity contribution >= 4 is 5.82 Å². The third-order valence-corrected chi connectivity index (χ3v) is 3.37. The van der Waals surface area contributed by atoms with Crippen molar-refractivity contribution in [3.63, 3.8) is 0 Å². The molecule has 1 aliphatic rings. The Balaban J connectivity index is 2.08. The van der Waals surface area contributed by atoms with Crippen LogP contribution in [0.25, 0.3) is 0 Å². The minimum absolute atomic E-state index is 0.242. The van der Waals surface area contributed by atoms with Crippen molar-refractivity contribution in [1.82, 2.24) is 9.97 Å². The second-order valence-electron chi connectivity index (χ2n) is 4.71. The number of anilines is 1. The van der Waals surface area contributed by atoms with Crippen LogP contribution in [0.5, 0.6) is 5.75 Å². The Morgan fingerprint density at radius 3 is 2.76 bits per heavy atom. The summed E-state index contributed by atoms with van der Waals surface area (Å²) in [5.41, 5.74) is -0.242. The normalized spacial score (nSPS) is 24.4. The van der Waals surface area contributed by atoms with Crippen LogP contribution in [0.4, 0.5) is 5.82 Å². The highest BCUT2D eigenvalue weighted by Crippen LogP contribution is 2.27. The van der Waals surface area contributed by atoms with E-state index < -0.39 is 0 Å². The molecular weight excluding hydrogens is 218 g/mol. The molecule has 1 aromatic heterocycles. The summed E-state index contributed by atoms with van der Waals surface area (Å²) in [5.74, 6) is 1.63. The van der Waals surface area contributed by atoms with Crippen molar-refractivity contribution in [2.45, 2.75) is 38.6 Å². The van der Waals surface area contributed by atoms with Crippen LogP contribution in [0.15, 0.2) is 11.1 Å². The summed E-state index contributed by atoms with van der Waals surface area (Å²) in [4.78, 5) is 18.1. The Hall–Kier alpha value is -1.52. The van der Waals surface area contributed by atoms with Crippen molar-refractivity contribution in [3.05, 3.63) is 16.7 Å². The Labute approximate surface area is 101 Å². The first-order valence-corrected chi connectivity index (χ1v) is 6.09. The number of H-pyrrole nitrogens is 1. The smallest absolute Gasteiger partial charge is 0.295 e. The molecule has 0 saturated heterocycles. The van der Waals surface area contributed by atoms with Gasteiger partial charge in [0, 0.05) is 6.04 Å². The molecule has 0 spiro atoms. The van der Waals surface area contributed by atoms with Gasteiger partial charge in [-0.3, -0.25) is 4.79 Å². The van der Waals surface area contributed by atoms with Gasteiger partial charge in [0.2, 0.25) is 5.75 Å². The molecule has 2 rings (SSSR count). The predicted octanol–water partition coefficient (Wildman–Crippen LogP) is 1.77. The zero-order chi connectivity index (χ0) is 12.3. The molecule has 2 N–H and O–H groups in total. The molecule has 0 aliphatic heterocycles. The molecule has 1 heterocycles. The van der Waals surface area contributed by atoms with Gasteiger partial charge in [0.1, 0.15) is 0 Å². The summed E-state index contributed by atoms with van der Waals surface area (Å²) >= 11 is 0. The first-order chi connectivity index (χ1) is 8.20. The van der Waals surface area contributed by atoms with E-state index in [4.69, 9.17) is 4.74 Å². The van der Waals surface area contributed by atoms with Gasteiger partial charge in [-0.1, -0.05) is 6.92 Å². The topological polar surface area (TPSA) is 67.0 Å². The summed E-state index contributed by atoms with van der Waals surface area (Å²) in [5, 5.41) is 3.31. The highest BCUT2D eigenvalue weighted by Gasteiger charge is 2.20. The maximum atomic E-state index is 11.5. The zero-order valence-electron chi connectivity index (χ0n) is 10.3. The second-order valence-corrected chi connectivity index (χ2v) is 4.71. The summed E-state index contributed by atoms with van der Waals surface area (Å²) in [6.07, 6.45) is 6.10. The maximum Gasteiger partial charge on any atom is 0.295 e. The standard InChI is InChI=1S/C12H19N3O2/c1-8-3-5-9(6-4-8)15-11-10(17-2)12(16)14-7-13-11/h7-9H,3-6H2,1-2H3,(H2,13,14,15,16). The van der Waals surface area contributed by atoms with Crippen LogP contribution in [-0.4, -0.2) is 23.1 Å². The van der Waals surface area contributed by atoms with E-state index in [0.29, 0.717) is 11.9 Å². The molecule has 0 bridgehead atoms. The van der Waals surface area contributed by atoms with Gasteiger partial charge in [-0.15, -0.1) is 0 Å². The molecule has 0 amide bonds.